The van der Waals surface area contributed by atoms with Crippen molar-refractivity contribution in [3.05, 3.63) is 66.2 Å². The zero-order valence-corrected chi connectivity index (χ0v) is 18.5. The number of amides is 1. The van der Waals surface area contributed by atoms with Crippen LogP contribution in [-0.2, 0) is 26.1 Å². The molecule has 1 aliphatic rings. The molecule has 1 amide bonds. The van der Waals surface area contributed by atoms with E-state index in [1.165, 1.54) is 16.1 Å². The van der Waals surface area contributed by atoms with Crippen molar-refractivity contribution in [1.82, 2.24) is 14.6 Å². The minimum absolute atomic E-state index is 0.107. The molecule has 162 valence electrons. The lowest BCUT2D eigenvalue weighted by atomic mass is 10.2. The van der Waals surface area contributed by atoms with Crippen molar-refractivity contribution in [1.29, 1.82) is 0 Å². The maximum Gasteiger partial charge on any atom is 0.243 e. The smallest absolute Gasteiger partial charge is 0.243 e. The minimum Gasteiger partial charge on any atom is -0.379 e. The summed E-state index contributed by atoms with van der Waals surface area (Å²) < 4.78 is 32.0. The highest BCUT2D eigenvalue weighted by Crippen LogP contribution is 2.20. The van der Waals surface area contributed by atoms with Gasteiger partial charge < -0.3 is 10.1 Å². The van der Waals surface area contributed by atoms with Crippen LogP contribution in [0, 0.1) is 0 Å². The number of pyridine rings is 1. The van der Waals surface area contributed by atoms with Crippen molar-refractivity contribution in [3.63, 3.8) is 0 Å². The Kier molecular flexibility index (Phi) is 6.86. The third-order valence-corrected chi connectivity index (χ3v) is 7.79. The zero-order chi connectivity index (χ0) is 21.7. The van der Waals surface area contributed by atoms with Gasteiger partial charge in [-0.1, -0.05) is 48.2 Å². The second-order valence-corrected chi connectivity index (χ2v) is 10.0. The molecule has 3 aromatic rings. The molecule has 0 unspecified atom stereocenters. The second kappa shape index (κ2) is 9.78. The number of hydrogen-bond donors (Lipinski definition) is 1. The van der Waals surface area contributed by atoms with Gasteiger partial charge in [0.2, 0.25) is 15.9 Å². The number of nitrogens with one attached hydrogen (secondary N) is 1. The molecule has 0 aliphatic carbocycles. The van der Waals surface area contributed by atoms with Crippen molar-refractivity contribution in [3.8, 4) is 0 Å². The van der Waals surface area contributed by atoms with Gasteiger partial charge in [-0.25, -0.2) is 13.4 Å². The summed E-state index contributed by atoms with van der Waals surface area (Å²) in [6.45, 7) is 1.89. The number of hydrogen-bond acceptors (Lipinski definition) is 6. The molecule has 0 radical (unpaired) electrons. The number of thioether (sulfide) groups is 1. The van der Waals surface area contributed by atoms with Crippen molar-refractivity contribution < 1.29 is 17.9 Å². The van der Waals surface area contributed by atoms with Crippen molar-refractivity contribution in [2.75, 3.05) is 32.1 Å². The fraction of sp³-hybridized carbons (Fsp3) is 0.273. The molecule has 0 saturated carbocycles. The summed E-state index contributed by atoms with van der Waals surface area (Å²) in [4.78, 5) is 17.0. The molecule has 1 saturated heterocycles. The number of nitrogens with zero attached hydrogens (tertiary/aromatic N) is 2. The van der Waals surface area contributed by atoms with E-state index in [0.29, 0.717) is 32.8 Å². The van der Waals surface area contributed by atoms with Crippen LogP contribution in [0.15, 0.2) is 70.6 Å². The normalized spacial score (nSPS) is 15.1. The maximum atomic E-state index is 12.7. The standard InChI is InChI=1S/C22H23N3O4S2/c26-21(16-30-22-10-7-18-3-1-2-4-20(18)24-22)23-15-17-5-8-19(9-6-17)31(27,28)25-11-13-29-14-12-25/h1-10H,11-16H2,(H,23,26). The number of sulfonamides is 1. The minimum atomic E-state index is -3.51. The van der Waals surface area contributed by atoms with Crippen molar-refractivity contribution >= 4 is 38.6 Å². The Balaban J connectivity index is 1.29. The van der Waals surface area contributed by atoms with Gasteiger partial charge in [-0.3, -0.25) is 4.79 Å². The van der Waals surface area contributed by atoms with Gasteiger partial charge in [-0.15, -0.1) is 0 Å². The fourth-order valence-electron chi connectivity index (χ4n) is 3.23. The summed E-state index contributed by atoms with van der Waals surface area (Å²) in [6, 6.07) is 18.4. The molecule has 7 nitrogen and oxygen atoms in total. The van der Waals surface area contributed by atoms with Crippen LogP contribution in [0.4, 0.5) is 0 Å². The summed E-state index contributed by atoms with van der Waals surface area (Å²) in [7, 11) is -3.51. The van der Waals surface area contributed by atoms with Crippen LogP contribution in [0.25, 0.3) is 10.9 Å². The number of aromatic nitrogens is 1. The Morgan fingerprint density at radius 3 is 2.55 bits per heavy atom. The first-order chi connectivity index (χ1) is 15.0. The number of benzene rings is 2. The van der Waals surface area contributed by atoms with E-state index in [0.717, 1.165) is 21.5 Å². The zero-order valence-electron chi connectivity index (χ0n) is 16.9. The Labute approximate surface area is 185 Å². The van der Waals surface area contributed by atoms with Crippen LogP contribution < -0.4 is 5.32 Å². The second-order valence-electron chi connectivity index (χ2n) is 7.07. The Morgan fingerprint density at radius 1 is 1.03 bits per heavy atom. The molecule has 2 aromatic carbocycles. The Bertz CT molecular complexity index is 1160. The largest absolute Gasteiger partial charge is 0.379 e. The summed E-state index contributed by atoms with van der Waals surface area (Å²) >= 11 is 1.38. The number of para-hydroxylation sites is 1. The molecule has 1 fully saturated rings. The van der Waals surface area contributed by atoms with Crippen LogP contribution in [0.3, 0.4) is 0 Å². The van der Waals surface area contributed by atoms with Crippen molar-refractivity contribution in [2.45, 2.75) is 16.5 Å². The van der Waals surface area contributed by atoms with Gasteiger partial charge in [0.1, 0.15) is 0 Å². The van der Waals surface area contributed by atoms with Crippen LogP contribution >= 0.6 is 11.8 Å². The average molecular weight is 458 g/mol. The molecule has 0 spiro atoms. The van der Waals surface area contributed by atoms with E-state index in [-0.39, 0.29) is 16.6 Å². The SMILES string of the molecule is O=C(CSc1ccc2ccccc2n1)NCc1ccc(S(=O)(=O)N2CCOCC2)cc1. The predicted molar refractivity (Wildman–Crippen MR) is 120 cm³/mol. The van der Waals surface area contributed by atoms with Crippen molar-refractivity contribution in [2.24, 2.45) is 0 Å². The van der Waals surface area contributed by atoms with Gasteiger partial charge in [-0.2, -0.15) is 4.31 Å². The Morgan fingerprint density at radius 2 is 1.77 bits per heavy atom. The average Bonchev–Trinajstić information content (AvgIpc) is 2.82. The monoisotopic (exact) mass is 457 g/mol. The third-order valence-electron chi connectivity index (χ3n) is 4.94. The molecule has 31 heavy (non-hydrogen) atoms. The maximum absolute atomic E-state index is 12.7. The van der Waals surface area contributed by atoms with Crippen LogP contribution in [-0.4, -0.2) is 55.7 Å². The van der Waals surface area contributed by atoms with Gasteiger partial charge in [0, 0.05) is 25.0 Å². The first kappa shape index (κ1) is 21.8. The van der Waals surface area contributed by atoms with E-state index in [9.17, 15) is 13.2 Å². The first-order valence-electron chi connectivity index (χ1n) is 9.94. The molecule has 1 aromatic heterocycles. The number of ether oxygens (including phenoxy) is 1. The summed E-state index contributed by atoms with van der Waals surface area (Å²) in [6.07, 6.45) is 0. The molecule has 4 rings (SSSR count). The number of carbonyl (C=O) groups is 1. The first-order valence-corrected chi connectivity index (χ1v) is 12.4. The number of carbonyl (C=O) groups excluding carboxylic acids is 1. The predicted octanol–water partition coefficient (Wildman–Crippen LogP) is 2.66. The van der Waals surface area contributed by atoms with E-state index in [1.807, 2.05) is 36.4 Å². The summed E-state index contributed by atoms with van der Waals surface area (Å²) in [5, 5.41) is 4.73. The van der Waals surface area contributed by atoms with E-state index in [4.69, 9.17) is 4.74 Å². The highest BCUT2D eigenvalue weighted by Gasteiger charge is 2.26. The lowest BCUT2D eigenvalue weighted by Crippen LogP contribution is -2.40. The Hall–Kier alpha value is -2.46. The van der Waals surface area contributed by atoms with Gasteiger partial charge in [0.25, 0.3) is 0 Å². The van der Waals surface area contributed by atoms with E-state index < -0.39 is 10.0 Å². The van der Waals surface area contributed by atoms with Gasteiger partial charge in [0.15, 0.2) is 0 Å². The van der Waals surface area contributed by atoms with Crippen LogP contribution in [0.2, 0.25) is 0 Å². The molecule has 2 heterocycles. The van der Waals surface area contributed by atoms with Crippen LogP contribution in [0.5, 0.6) is 0 Å². The lowest BCUT2D eigenvalue weighted by Gasteiger charge is -2.26. The highest BCUT2D eigenvalue weighted by atomic mass is 32.2. The van der Waals surface area contributed by atoms with Crippen LogP contribution in [0.1, 0.15) is 5.56 Å². The van der Waals surface area contributed by atoms with E-state index >= 15 is 0 Å². The lowest BCUT2D eigenvalue weighted by molar-refractivity contribution is -0.118. The topological polar surface area (TPSA) is 88.6 Å². The highest BCUT2D eigenvalue weighted by molar-refractivity contribution is 7.99. The van der Waals surface area contributed by atoms with Gasteiger partial charge in [-0.05, 0) is 29.8 Å². The van der Waals surface area contributed by atoms with Gasteiger partial charge >= 0.3 is 0 Å². The molecular weight excluding hydrogens is 434 g/mol. The van der Waals surface area contributed by atoms with E-state index in [1.54, 1.807) is 24.3 Å². The fourth-order valence-corrected chi connectivity index (χ4v) is 5.35. The molecule has 0 bridgehead atoms. The molecule has 1 N–H and O–H groups in total. The van der Waals surface area contributed by atoms with Gasteiger partial charge in [0.05, 0.1) is 34.4 Å². The summed E-state index contributed by atoms with van der Waals surface area (Å²) in [5.41, 5.74) is 1.74. The molecular formula is C22H23N3O4S2. The van der Waals surface area contributed by atoms with E-state index in [2.05, 4.69) is 10.3 Å². The molecule has 1 aliphatic heterocycles. The number of fused-ring (bicyclic) bond motifs is 1. The summed E-state index contributed by atoms with van der Waals surface area (Å²) in [5.74, 6) is 0.152. The molecule has 9 heteroatoms. The number of morpholine rings is 1. The molecule has 0 atom stereocenters. The quantitative estimate of drug-likeness (QED) is 0.549. The third kappa shape index (κ3) is 5.43. The number of rotatable bonds is 7.